The Hall–Kier alpha value is -0.820. The molecule has 1 saturated heterocycles. The SMILES string of the molecule is O=C(NCCOCC(F)(F)F)[C@@H]1CCCN1. The fourth-order valence-corrected chi connectivity index (χ4v) is 1.47. The minimum Gasteiger partial charge on any atom is -0.370 e. The van der Waals surface area contributed by atoms with E-state index in [4.69, 9.17) is 0 Å². The molecule has 0 unspecified atom stereocenters. The number of nitrogens with one attached hydrogen (secondary N) is 2. The van der Waals surface area contributed by atoms with Crippen molar-refractivity contribution in [1.82, 2.24) is 10.6 Å². The van der Waals surface area contributed by atoms with Crippen molar-refractivity contribution in [1.29, 1.82) is 0 Å². The zero-order valence-corrected chi connectivity index (χ0v) is 8.77. The van der Waals surface area contributed by atoms with Crippen molar-refractivity contribution in [2.45, 2.75) is 25.1 Å². The number of ether oxygens (including phenoxy) is 1. The Bertz CT molecular complexity index is 227. The van der Waals surface area contributed by atoms with Crippen molar-refractivity contribution in [3.63, 3.8) is 0 Å². The van der Waals surface area contributed by atoms with E-state index in [1.165, 1.54) is 0 Å². The lowest BCUT2D eigenvalue weighted by molar-refractivity contribution is -0.173. The molecule has 0 radical (unpaired) electrons. The van der Waals surface area contributed by atoms with Crippen molar-refractivity contribution >= 4 is 5.91 Å². The van der Waals surface area contributed by atoms with Gasteiger partial charge in [0.2, 0.25) is 5.91 Å². The Labute approximate surface area is 91.5 Å². The van der Waals surface area contributed by atoms with Crippen LogP contribution in [-0.4, -0.2) is 44.4 Å². The second-order valence-corrected chi connectivity index (χ2v) is 3.61. The molecule has 1 amide bonds. The van der Waals surface area contributed by atoms with E-state index in [0.29, 0.717) is 0 Å². The first kappa shape index (κ1) is 13.2. The molecule has 0 aliphatic carbocycles. The molecular formula is C9H15F3N2O2. The molecule has 1 aliphatic rings. The fourth-order valence-electron chi connectivity index (χ4n) is 1.47. The van der Waals surface area contributed by atoms with Crippen LogP contribution in [0.25, 0.3) is 0 Å². The molecule has 0 aromatic rings. The van der Waals surface area contributed by atoms with Gasteiger partial charge >= 0.3 is 6.18 Å². The molecule has 0 spiro atoms. The Morgan fingerprint density at radius 3 is 2.81 bits per heavy atom. The van der Waals surface area contributed by atoms with E-state index in [0.717, 1.165) is 19.4 Å². The Morgan fingerprint density at radius 2 is 2.25 bits per heavy atom. The quantitative estimate of drug-likeness (QED) is 0.685. The molecule has 1 fully saturated rings. The van der Waals surface area contributed by atoms with Crippen LogP contribution in [0.4, 0.5) is 13.2 Å². The first-order valence-electron chi connectivity index (χ1n) is 5.14. The molecular weight excluding hydrogens is 225 g/mol. The Morgan fingerprint density at radius 1 is 1.50 bits per heavy atom. The number of alkyl halides is 3. The third-order valence-electron chi connectivity index (χ3n) is 2.19. The second-order valence-electron chi connectivity index (χ2n) is 3.61. The maximum absolute atomic E-state index is 11.7. The van der Waals surface area contributed by atoms with Crippen LogP contribution in [0.2, 0.25) is 0 Å². The number of hydrogen-bond acceptors (Lipinski definition) is 3. The summed E-state index contributed by atoms with van der Waals surface area (Å²) in [6.45, 7) is -0.488. The van der Waals surface area contributed by atoms with E-state index in [2.05, 4.69) is 15.4 Å². The molecule has 4 nitrogen and oxygen atoms in total. The molecule has 1 atom stereocenters. The van der Waals surface area contributed by atoms with Crippen LogP contribution in [0, 0.1) is 0 Å². The highest BCUT2D eigenvalue weighted by atomic mass is 19.4. The summed E-state index contributed by atoms with van der Waals surface area (Å²) >= 11 is 0. The monoisotopic (exact) mass is 240 g/mol. The smallest absolute Gasteiger partial charge is 0.370 e. The molecule has 0 saturated carbocycles. The van der Waals surface area contributed by atoms with Gasteiger partial charge in [0.25, 0.3) is 0 Å². The standard InChI is InChI=1S/C9H15F3N2O2/c10-9(11,12)6-16-5-4-14-8(15)7-2-1-3-13-7/h7,13H,1-6H2,(H,14,15)/t7-/m0/s1. The maximum atomic E-state index is 11.7. The number of amides is 1. The molecule has 1 aliphatic heterocycles. The zero-order valence-electron chi connectivity index (χ0n) is 8.77. The lowest BCUT2D eigenvalue weighted by Crippen LogP contribution is -2.41. The van der Waals surface area contributed by atoms with E-state index < -0.39 is 12.8 Å². The summed E-state index contributed by atoms with van der Waals surface area (Å²) in [5.41, 5.74) is 0. The van der Waals surface area contributed by atoms with E-state index in [1.54, 1.807) is 0 Å². The predicted molar refractivity (Wildman–Crippen MR) is 50.9 cm³/mol. The highest BCUT2D eigenvalue weighted by Gasteiger charge is 2.27. The largest absolute Gasteiger partial charge is 0.411 e. The summed E-state index contributed by atoms with van der Waals surface area (Å²) in [7, 11) is 0. The Kier molecular flexibility index (Phi) is 5.01. The van der Waals surface area contributed by atoms with Gasteiger partial charge in [0.1, 0.15) is 6.61 Å². The first-order valence-corrected chi connectivity index (χ1v) is 5.14. The van der Waals surface area contributed by atoms with Gasteiger partial charge in [-0.1, -0.05) is 0 Å². The zero-order chi connectivity index (χ0) is 12.0. The van der Waals surface area contributed by atoms with Crippen LogP contribution in [0.3, 0.4) is 0 Å². The molecule has 1 heterocycles. The van der Waals surface area contributed by atoms with Crippen molar-refractivity contribution in [3.05, 3.63) is 0 Å². The first-order chi connectivity index (χ1) is 7.49. The minimum atomic E-state index is -4.31. The van der Waals surface area contributed by atoms with E-state index in [1.807, 2.05) is 0 Å². The molecule has 7 heteroatoms. The van der Waals surface area contributed by atoms with Gasteiger partial charge in [-0.2, -0.15) is 13.2 Å². The van der Waals surface area contributed by atoms with Gasteiger partial charge in [-0.3, -0.25) is 4.79 Å². The van der Waals surface area contributed by atoms with Crippen molar-refractivity contribution in [3.8, 4) is 0 Å². The second kappa shape index (κ2) is 6.05. The summed E-state index contributed by atoms with van der Waals surface area (Å²) in [6.07, 6.45) is -2.59. The maximum Gasteiger partial charge on any atom is 0.411 e. The van der Waals surface area contributed by atoms with Crippen molar-refractivity contribution < 1.29 is 22.7 Å². The number of halogens is 3. The summed E-state index contributed by atoms with van der Waals surface area (Å²) in [6, 6.07) is -0.206. The van der Waals surface area contributed by atoms with Gasteiger partial charge in [-0.25, -0.2) is 0 Å². The molecule has 2 N–H and O–H groups in total. The molecule has 0 aromatic heterocycles. The molecule has 1 rings (SSSR count). The summed E-state index contributed by atoms with van der Waals surface area (Å²) < 4.78 is 39.3. The number of rotatable bonds is 5. The van der Waals surface area contributed by atoms with Crippen LogP contribution >= 0.6 is 0 Å². The van der Waals surface area contributed by atoms with Crippen molar-refractivity contribution in [2.24, 2.45) is 0 Å². The van der Waals surface area contributed by atoms with Crippen LogP contribution in [0.5, 0.6) is 0 Å². The summed E-state index contributed by atoms with van der Waals surface area (Å²) in [5, 5.41) is 5.51. The lowest BCUT2D eigenvalue weighted by Gasteiger charge is -2.11. The van der Waals surface area contributed by atoms with Crippen LogP contribution < -0.4 is 10.6 Å². The average Bonchev–Trinajstić information content (AvgIpc) is 2.67. The molecule has 94 valence electrons. The predicted octanol–water partition coefficient (Wildman–Crippen LogP) is 0.433. The lowest BCUT2D eigenvalue weighted by atomic mass is 10.2. The summed E-state index contributed by atoms with van der Waals surface area (Å²) in [4.78, 5) is 11.4. The minimum absolute atomic E-state index is 0.104. The van der Waals surface area contributed by atoms with E-state index in [-0.39, 0.29) is 25.1 Å². The number of carbonyl (C=O) groups is 1. The average molecular weight is 240 g/mol. The van der Waals surface area contributed by atoms with E-state index in [9.17, 15) is 18.0 Å². The third-order valence-corrected chi connectivity index (χ3v) is 2.19. The van der Waals surface area contributed by atoms with Crippen LogP contribution in [-0.2, 0) is 9.53 Å². The van der Waals surface area contributed by atoms with E-state index >= 15 is 0 Å². The van der Waals surface area contributed by atoms with Gasteiger partial charge in [0.05, 0.1) is 12.6 Å². The number of hydrogen-bond donors (Lipinski definition) is 2. The number of carbonyl (C=O) groups excluding carboxylic acids is 1. The van der Waals surface area contributed by atoms with Gasteiger partial charge in [-0.15, -0.1) is 0 Å². The van der Waals surface area contributed by atoms with Gasteiger partial charge in [0.15, 0.2) is 0 Å². The van der Waals surface area contributed by atoms with Crippen LogP contribution in [0.15, 0.2) is 0 Å². The highest BCUT2D eigenvalue weighted by Crippen LogP contribution is 2.13. The fraction of sp³-hybridized carbons (Fsp3) is 0.889. The third kappa shape index (κ3) is 5.32. The van der Waals surface area contributed by atoms with Crippen molar-refractivity contribution in [2.75, 3.05) is 26.3 Å². The Balaban J connectivity index is 2.00. The molecule has 0 bridgehead atoms. The topological polar surface area (TPSA) is 50.4 Å². The summed E-state index contributed by atoms with van der Waals surface area (Å²) in [5.74, 6) is -0.173. The molecule has 16 heavy (non-hydrogen) atoms. The normalized spacial score (nSPS) is 21.1. The van der Waals surface area contributed by atoms with Gasteiger partial charge in [-0.05, 0) is 19.4 Å². The van der Waals surface area contributed by atoms with Gasteiger partial charge < -0.3 is 15.4 Å². The van der Waals surface area contributed by atoms with Crippen LogP contribution in [0.1, 0.15) is 12.8 Å². The molecule has 0 aromatic carbocycles. The highest BCUT2D eigenvalue weighted by molar-refractivity contribution is 5.81. The van der Waals surface area contributed by atoms with Gasteiger partial charge in [0, 0.05) is 6.54 Å².